The van der Waals surface area contributed by atoms with Crippen molar-refractivity contribution in [2.45, 2.75) is 0 Å². The summed E-state index contributed by atoms with van der Waals surface area (Å²) in [5, 5.41) is 29.5. The molecule has 0 amide bonds. The van der Waals surface area contributed by atoms with Crippen molar-refractivity contribution in [1.29, 1.82) is 0 Å². The molecule has 8 nitrogen and oxygen atoms in total. The lowest BCUT2D eigenvalue weighted by Crippen LogP contribution is -2.09. The molecule has 1 aliphatic heterocycles. The molecular formula is C28H19NO7. The molecule has 1 aliphatic carbocycles. The van der Waals surface area contributed by atoms with Gasteiger partial charge in [-0.05, 0) is 72.3 Å². The number of phenols is 1. The van der Waals surface area contributed by atoms with Crippen molar-refractivity contribution in [3.63, 3.8) is 0 Å². The Balaban J connectivity index is 1.81. The number of benzene rings is 4. The van der Waals surface area contributed by atoms with Gasteiger partial charge in [0, 0.05) is 47.1 Å². The van der Waals surface area contributed by atoms with Crippen molar-refractivity contribution < 1.29 is 29.3 Å². The van der Waals surface area contributed by atoms with E-state index in [4.69, 9.17) is 4.42 Å². The molecule has 5 rings (SSSR count). The van der Waals surface area contributed by atoms with Crippen LogP contribution in [0.2, 0.25) is 0 Å². The van der Waals surface area contributed by atoms with E-state index in [2.05, 4.69) is 0 Å². The van der Waals surface area contributed by atoms with E-state index in [0.29, 0.717) is 22.1 Å². The summed E-state index contributed by atoms with van der Waals surface area (Å²) >= 11 is 0. The van der Waals surface area contributed by atoms with E-state index in [9.17, 15) is 29.7 Å². The maximum absolute atomic E-state index is 12.1. The van der Waals surface area contributed by atoms with Gasteiger partial charge < -0.3 is 24.6 Å². The van der Waals surface area contributed by atoms with Crippen LogP contribution in [0.3, 0.4) is 0 Å². The summed E-state index contributed by atoms with van der Waals surface area (Å²) in [6.45, 7) is 0. The lowest BCUT2D eigenvalue weighted by atomic mass is 9.89. The fourth-order valence-electron chi connectivity index (χ4n) is 4.25. The first-order valence-electron chi connectivity index (χ1n) is 10.9. The zero-order valence-corrected chi connectivity index (χ0v) is 18.9. The summed E-state index contributed by atoms with van der Waals surface area (Å²) in [5.41, 5.74) is 2.61. The van der Waals surface area contributed by atoms with Crippen molar-refractivity contribution in [3.8, 4) is 28.2 Å². The third-order valence-corrected chi connectivity index (χ3v) is 6.07. The van der Waals surface area contributed by atoms with Crippen LogP contribution in [-0.4, -0.2) is 34.3 Å². The van der Waals surface area contributed by atoms with E-state index < -0.39 is 11.9 Å². The molecule has 0 atom stereocenters. The van der Waals surface area contributed by atoms with Gasteiger partial charge in [-0.2, -0.15) is 0 Å². The third-order valence-electron chi connectivity index (χ3n) is 6.07. The van der Waals surface area contributed by atoms with Crippen LogP contribution in [0.15, 0.2) is 88.1 Å². The molecule has 0 bridgehead atoms. The monoisotopic (exact) mass is 481 g/mol. The maximum atomic E-state index is 12.1. The van der Waals surface area contributed by atoms with Crippen molar-refractivity contribution in [3.05, 3.63) is 100 Å². The van der Waals surface area contributed by atoms with Gasteiger partial charge in [0.15, 0.2) is 5.43 Å². The number of aromatic carboxylic acids is 2. The smallest absolute Gasteiger partial charge is 0.336 e. The number of rotatable bonds is 5. The largest absolute Gasteiger partial charge is 0.508 e. The number of anilines is 2. The summed E-state index contributed by atoms with van der Waals surface area (Å²) < 4.78 is 6.08. The minimum absolute atomic E-state index is 0.0683. The van der Waals surface area contributed by atoms with Crippen LogP contribution >= 0.6 is 0 Å². The second-order valence-corrected chi connectivity index (χ2v) is 8.26. The van der Waals surface area contributed by atoms with Gasteiger partial charge >= 0.3 is 11.9 Å². The molecule has 0 fully saturated rings. The normalized spacial score (nSPS) is 11.0. The fraction of sp³-hybridized carbons (Fsp3) is 0.0357. The summed E-state index contributed by atoms with van der Waals surface area (Å²) in [7, 11) is 1.84. The van der Waals surface area contributed by atoms with Gasteiger partial charge in [-0.3, -0.25) is 4.79 Å². The molecule has 0 spiro atoms. The van der Waals surface area contributed by atoms with Crippen LogP contribution in [0.4, 0.5) is 11.4 Å². The van der Waals surface area contributed by atoms with Crippen molar-refractivity contribution in [2.75, 3.05) is 11.9 Å². The number of fused-ring (bicyclic) bond motifs is 2. The highest BCUT2D eigenvalue weighted by Gasteiger charge is 2.23. The number of hydrogen-bond acceptors (Lipinski definition) is 6. The molecule has 0 saturated carbocycles. The van der Waals surface area contributed by atoms with Gasteiger partial charge in [-0.1, -0.05) is 0 Å². The third kappa shape index (κ3) is 3.90. The van der Waals surface area contributed by atoms with E-state index in [1.807, 2.05) is 18.0 Å². The van der Waals surface area contributed by atoms with Gasteiger partial charge in [0.05, 0.1) is 11.1 Å². The lowest BCUT2D eigenvalue weighted by molar-refractivity contribution is 0.0682. The van der Waals surface area contributed by atoms with E-state index in [0.717, 1.165) is 11.4 Å². The first-order valence-corrected chi connectivity index (χ1v) is 10.9. The first-order chi connectivity index (χ1) is 17.2. The number of carbonyl (C=O) groups is 2. The van der Waals surface area contributed by atoms with Crippen LogP contribution in [-0.2, 0) is 0 Å². The number of nitrogens with zero attached hydrogens (tertiary/aromatic N) is 1. The Morgan fingerprint density at radius 2 is 1.50 bits per heavy atom. The number of hydrogen-bond donors (Lipinski definition) is 3. The number of carboxylic acid groups (broad SMARTS) is 2. The Morgan fingerprint density at radius 3 is 2.19 bits per heavy atom. The predicted octanol–water partition coefficient (Wildman–Crippen LogP) is 5.43. The SMILES string of the molecule is CN(c1ccc(O)cc1)c1ccc2c(-c3cc(C(=O)O)ccc3C(=O)O)c3ccc(=O)cc-3oc2c1. The van der Waals surface area contributed by atoms with Gasteiger partial charge in [-0.15, -0.1) is 0 Å². The van der Waals surface area contributed by atoms with Gasteiger partial charge in [0.25, 0.3) is 0 Å². The summed E-state index contributed by atoms with van der Waals surface area (Å²) in [5.74, 6) is -2.02. The molecule has 178 valence electrons. The zero-order valence-electron chi connectivity index (χ0n) is 18.9. The van der Waals surface area contributed by atoms with E-state index in [1.54, 1.807) is 42.5 Å². The van der Waals surface area contributed by atoms with Crippen LogP contribution in [0.5, 0.6) is 5.75 Å². The topological polar surface area (TPSA) is 128 Å². The molecule has 1 heterocycles. The predicted molar refractivity (Wildman–Crippen MR) is 135 cm³/mol. The molecule has 8 heteroatoms. The molecule has 0 saturated heterocycles. The van der Waals surface area contributed by atoms with Gasteiger partial charge in [0.2, 0.25) is 0 Å². The average molecular weight is 481 g/mol. The summed E-state index contributed by atoms with van der Waals surface area (Å²) in [6, 6.07) is 20.0. The van der Waals surface area contributed by atoms with Crippen molar-refractivity contribution >= 4 is 34.3 Å². The van der Waals surface area contributed by atoms with Crippen molar-refractivity contribution in [2.24, 2.45) is 0 Å². The van der Waals surface area contributed by atoms with Crippen LogP contribution in [0.25, 0.3) is 33.4 Å². The Labute approximate surface area is 204 Å². The van der Waals surface area contributed by atoms with E-state index in [-0.39, 0.29) is 33.6 Å². The van der Waals surface area contributed by atoms with Gasteiger partial charge in [-0.25, -0.2) is 9.59 Å². The molecule has 3 N–H and O–H groups in total. The second-order valence-electron chi connectivity index (χ2n) is 8.26. The molecule has 2 aliphatic rings. The molecule has 0 radical (unpaired) electrons. The van der Waals surface area contributed by atoms with E-state index in [1.165, 1.54) is 30.3 Å². The lowest BCUT2D eigenvalue weighted by Gasteiger charge is -2.21. The standard InChI is InChI=1S/C28H19NO7/c1-29(16-3-6-18(30)7-4-16)17-5-10-21-24(13-17)36-25-14-19(31)8-11-22(25)26(21)23-12-15(27(32)33)2-9-20(23)28(34)35/h2-14,30H,1H3,(H,32,33)(H,34,35). The number of carboxylic acids is 2. The Morgan fingerprint density at radius 1 is 0.778 bits per heavy atom. The summed E-state index contributed by atoms with van der Waals surface area (Å²) in [4.78, 5) is 37.7. The Hall–Kier alpha value is -5.11. The van der Waals surface area contributed by atoms with Crippen LogP contribution < -0.4 is 10.3 Å². The average Bonchev–Trinajstić information content (AvgIpc) is 2.86. The zero-order chi connectivity index (χ0) is 25.6. The maximum Gasteiger partial charge on any atom is 0.336 e. The van der Waals surface area contributed by atoms with Crippen LogP contribution in [0, 0.1) is 0 Å². The molecule has 36 heavy (non-hydrogen) atoms. The Kier molecular flexibility index (Phi) is 5.41. The first kappa shape index (κ1) is 22.7. The highest BCUT2D eigenvalue weighted by Crippen LogP contribution is 2.42. The molecular weight excluding hydrogens is 462 g/mol. The number of aromatic hydroxyl groups is 1. The van der Waals surface area contributed by atoms with Gasteiger partial charge in [0.1, 0.15) is 17.1 Å². The van der Waals surface area contributed by atoms with E-state index >= 15 is 0 Å². The molecule has 0 unspecified atom stereocenters. The highest BCUT2D eigenvalue weighted by atomic mass is 16.4. The second kappa shape index (κ2) is 8.59. The number of phenolic OH excluding ortho intramolecular Hbond substituents is 1. The quantitative estimate of drug-likeness (QED) is 0.283. The Bertz CT molecular complexity index is 1690. The van der Waals surface area contributed by atoms with Crippen LogP contribution in [0.1, 0.15) is 20.7 Å². The molecule has 3 aromatic carbocycles. The summed E-state index contributed by atoms with van der Waals surface area (Å²) in [6.07, 6.45) is 0. The molecule has 3 aromatic rings. The minimum Gasteiger partial charge on any atom is -0.508 e. The van der Waals surface area contributed by atoms with Crippen molar-refractivity contribution in [1.82, 2.24) is 0 Å². The molecule has 0 aromatic heterocycles. The highest BCUT2D eigenvalue weighted by molar-refractivity contribution is 6.09. The minimum atomic E-state index is -1.21. The fourth-order valence-corrected chi connectivity index (χ4v) is 4.25.